The average Bonchev–Trinajstić information content (AvgIpc) is 2.49. The number of amides is 1. The van der Waals surface area contributed by atoms with Crippen molar-refractivity contribution in [3.63, 3.8) is 0 Å². The largest absolute Gasteiger partial charge is 0.312 e. The molecular formula is C15H14BrN3O. The van der Waals surface area contributed by atoms with Gasteiger partial charge in [-0.15, -0.1) is 0 Å². The summed E-state index contributed by atoms with van der Waals surface area (Å²) in [4.78, 5) is 16.4. The number of halogens is 1. The number of nitrogens with zero attached hydrogens (tertiary/aromatic N) is 1. The Hall–Kier alpha value is -1.72. The first-order chi connectivity index (χ1) is 9.74. The summed E-state index contributed by atoms with van der Waals surface area (Å²) in [7, 11) is 0. The predicted octanol–water partition coefficient (Wildman–Crippen LogP) is 2.74. The van der Waals surface area contributed by atoms with Gasteiger partial charge in [0, 0.05) is 18.3 Å². The van der Waals surface area contributed by atoms with Crippen LogP contribution in [0, 0.1) is 0 Å². The van der Waals surface area contributed by atoms with Crippen molar-refractivity contribution in [1.82, 2.24) is 10.3 Å². The molecule has 20 heavy (non-hydrogen) atoms. The zero-order chi connectivity index (χ0) is 13.9. The van der Waals surface area contributed by atoms with Crippen molar-refractivity contribution in [2.45, 2.75) is 13.0 Å². The third kappa shape index (κ3) is 2.73. The molecule has 1 aliphatic heterocycles. The van der Waals surface area contributed by atoms with Gasteiger partial charge in [0.05, 0.1) is 4.47 Å². The molecule has 0 radical (unpaired) electrons. The van der Waals surface area contributed by atoms with E-state index in [0.29, 0.717) is 11.4 Å². The quantitative estimate of drug-likeness (QED) is 0.889. The second kappa shape index (κ2) is 5.73. The van der Waals surface area contributed by atoms with E-state index < -0.39 is 0 Å². The molecule has 1 aromatic heterocycles. The number of aromatic nitrogens is 1. The van der Waals surface area contributed by atoms with Crippen LogP contribution in [0.3, 0.4) is 0 Å². The van der Waals surface area contributed by atoms with Gasteiger partial charge in [0.1, 0.15) is 5.82 Å². The van der Waals surface area contributed by atoms with Gasteiger partial charge in [-0.2, -0.15) is 0 Å². The van der Waals surface area contributed by atoms with Crippen molar-refractivity contribution in [1.29, 1.82) is 0 Å². The van der Waals surface area contributed by atoms with Gasteiger partial charge in [-0.1, -0.05) is 6.07 Å². The molecule has 0 bridgehead atoms. The van der Waals surface area contributed by atoms with Crippen molar-refractivity contribution >= 4 is 27.7 Å². The van der Waals surface area contributed by atoms with Crippen LogP contribution in [0.2, 0.25) is 0 Å². The minimum absolute atomic E-state index is 0.141. The Balaban J connectivity index is 1.82. The summed E-state index contributed by atoms with van der Waals surface area (Å²) in [5.41, 5.74) is 3.17. The lowest BCUT2D eigenvalue weighted by atomic mass is 9.98. The van der Waals surface area contributed by atoms with Crippen molar-refractivity contribution in [2.24, 2.45) is 0 Å². The predicted molar refractivity (Wildman–Crippen MR) is 81.7 cm³/mol. The molecule has 4 nitrogen and oxygen atoms in total. The van der Waals surface area contributed by atoms with Crippen LogP contribution < -0.4 is 10.6 Å². The Morgan fingerprint density at radius 3 is 3.05 bits per heavy atom. The number of carbonyl (C=O) groups excluding carboxylic acids is 1. The maximum atomic E-state index is 12.3. The monoisotopic (exact) mass is 331 g/mol. The van der Waals surface area contributed by atoms with Gasteiger partial charge in [0.15, 0.2) is 0 Å². The first-order valence-corrected chi connectivity index (χ1v) is 7.28. The van der Waals surface area contributed by atoms with Crippen LogP contribution in [0.1, 0.15) is 21.5 Å². The minimum atomic E-state index is -0.141. The topological polar surface area (TPSA) is 54.0 Å². The molecule has 2 heterocycles. The fourth-order valence-corrected chi connectivity index (χ4v) is 2.63. The van der Waals surface area contributed by atoms with Crippen LogP contribution in [0.15, 0.2) is 41.0 Å². The molecule has 0 saturated carbocycles. The molecule has 102 valence electrons. The summed E-state index contributed by atoms with van der Waals surface area (Å²) in [6.07, 6.45) is 2.67. The molecule has 0 aliphatic carbocycles. The fourth-order valence-electron chi connectivity index (χ4n) is 2.28. The van der Waals surface area contributed by atoms with Gasteiger partial charge in [-0.3, -0.25) is 4.79 Å². The first-order valence-electron chi connectivity index (χ1n) is 6.48. The number of pyridine rings is 1. The molecule has 2 N–H and O–H groups in total. The lowest BCUT2D eigenvalue weighted by molar-refractivity contribution is 0.102. The van der Waals surface area contributed by atoms with Gasteiger partial charge in [0.2, 0.25) is 0 Å². The van der Waals surface area contributed by atoms with Crippen molar-refractivity contribution < 1.29 is 4.79 Å². The summed E-state index contributed by atoms with van der Waals surface area (Å²) in [6, 6.07) is 9.52. The van der Waals surface area contributed by atoms with Gasteiger partial charge < -0.3 is 10.6 Å². The Kier molecular flexibility index (Phi) is 3.80. The molecule has 1 aliphatic rings. The number of carbonyl (C=O) groups is 1. The minimum Gasteiger partial charge on any atom is -0.312 e. The molecule has 0 saturated heterocycles. The van der Waals surface area contributed by atoms with Crippen LogP contribution in [-0.4, -0.2) is 17.4 Å². The van der Waals surface area contributed by atoms with E-state index in [9.17, 15) is 4.79 Å². The third-order valence-corrected chi connectivity index (χ3v) is 3.99. The molecule has 0 atom stereocenters. The molecule has 0 fully saturated rings. The Bertz CT molecular complexity index is 657. The maximum Gasteiger partial charge on any atom is 0.256 e. The second-order valence-electron chi connectivity index (χ2n) is 4.70. The van der Waals surface area contributed by atoms with E-state index in [0.717, 1.165) is 24.0 Å². The first kappa shape index (κ1) is 13.3. The van der Waals surface area contributed by atoms with Crippen molar-refractivity contribution in [3.8, 4) is 0 Å². The number of anilines is 1. The molecule has 1 aromatic carbocycles. The Morgan fingerprint density at radius 2 is 2.20 bits per heavy atom. The number of fused-ring (bicyclic) bond motifs is 1. The number of hydrogen-bond acceptors (Lipinski definition) is 3. The highest BCUT2D eigenvalue weighted by Gasteiger charge is 2.13. The van der Waals surface area contributed by atoms with Gasteiger partial charge >= 0.3 is 0 Å². The van der Waals surface area contributed by atoms with Gasteiger partial charge in [-0.25, -0.2) is 4.98 Å². The zero-order valence-electron chi connectivity index (χ0n) is 10.8. The Morgan fingerprint density at radius 1 is 1.30 bits per heavy atom. The van der Waals surface area contributed by atoms with Crippen LogP contribution in [-0.2, 0) is 13.0 Å². The molecule has 1 amide bonds. The molecule has 0 spiro atoms. The summed E-state index contributed by atoms with van der Waals surface area (Å²) >= 11 is 3.37. The highest BCUT2D eigenvalue weighted by atomic mass is 79.9. The number of hydrogen-bond donors (Lipinski definition) is 2. The van der Waals surface area contributed by atoms with Gasteiger partial charge in [0.25, 0.3) is 5.91 Å². The summed E-state index contributed by atoms with van der Waals surface area (Å²) in [5.74, 6) is 0.395. The highest BCUT2D eigenvalue weighted by Crippen LogP contribution is 2.20. The highest BCUT2D eigenvalue weighted by molar-refractivity contribution is 9.10. The SMILES string of the molecule is O=C(Nc1ncccc1Br)c1ccc2c(c1)CNCC2. The van der Waals surface area contributed by atoms with Crippen LogP contribution in [0.25, 0.3) is 0 Å². The van der Waals surface area contributed by atoms with Crippen LogP contribution >= 0.6 is 15.9 Å². The van der Waals surface area contributed by atoms with E-state index in [2.05, 4.69) is 31.5 Å². The molecule has 5 heteroatoms. The lowest BCUT2D eigenvalue weighted by Crippen LogP contribution is -2.24. The molecule has 3 rings (SSSR count). The van der Waals surface area contributed by atoms with Crippen molar-refractivity contribution in [2.75, 3.05) is 11.9 Å². The number of rotatable bonds is 2. The molecule has 0 unspecified atom stereocenters. The fraction of sp³-hybridized carbons (Fsp3) is 0.200. The van der Waals surface area contributed by atoms with Crippen LogP contribution in [0.5, 0.6) is 0 Å². The molecular weight excluding hydrogens is 318 g/mol. The van der Waals surface area contributed by atoms with E-state index in [1.165, 1.54) is 11.1 Å². The number of nitrogens with one attached hydrogen (secondary N) is 2. The van der Waals surface area contributed by atoms with Gasteiger partial charge in [-0.05, 0) is 64.3 Å². The Labute approximate surface area is 125 Å². The van der Waals surface area contributed by atoms with E-state index >= 15 is 0 Å². The second-order valence-corrected chi connectivity index (χ2v) is 5.55. The van der Waals surface area contributed by atoms with E-state index in [-0.39, 0.29) is 5.91 Å². The lowest BCUT2D eigenvalue weighted by Gasteiger charge is -2.17. The van der Waals surface area contributed by atoms with E-state index in [4.69, 9.17) is 0 Å². The number of benzene rings is 1. The standard InChI is InChI=1S/C15H14BrN3O/c16-13-2-1-6-18-14(13)19-15(20)11-4-3-10-5-7-17-9-12(10)8-11/h1-4,6,8,17H,5,7,9H2,(H,18,19,20). The normalized spacial score (nSPS) is 13.7. The van der Waals surface area contributed by atoms with E-state index in [1.807, 2.05) is 30.3 Å². The summed E-state index contributed by atoms with van der Waals surface area (Å²) in [6.45, 7) is 1.82. The summed E-state index contributed by atoms with van der Waals surface area (Å²) in [5, 5.41) is 6.13. The summed E-state index contributed by atoms with van der Waals surface area (Å²) < 4.78 is 0.771. The maximum absolute atomic E-state index is 12.3. The third-order valence-electron chi connectivity index (χ3n) is 3.35. The van der Waals surface area contributed by atoms with Crippen LogP contribution in [0.4, 0.5) is 5.82 Å². The smallest absolute Gasteiger partial charge is 0.256 e. The van der Waals surface area contributed by atoms with E-state index in [1.54, 1.807) is 6.20 Å². The molecule has 2 aromatic rings. The average molecular weight is 332 g/mol. The van der Waals surface area contributed by atoms with Crippen molar-refractivity contribution in [3.05, 3.63) is 57.7 Å². The zero-order valence-corrected chi connectivity index (χ0v) is 12.4.